The molecule has 1 aromatic rings. The van der Waals surface area contributed by atoms with Crippen molar-refractivity contribution in [3.05, 3.63) is 11.8 Å². The molecule has 6 heteroatoms. The van der Waals surface area contributed by atoms with Crippen molar-refractivity contribution in [2.45, 2.75) is 64.5 Å². The van der Waals surface area contributed by atoms with Gasteiger partial charge in [-0.15, -0.1) is 0 Å². The van der Waals surface area contributed by atoms with Crippen molar-refractivity contribution in [2.75, 3.05) is 11.4 Å². The SMILES string of the molecule is Cc1cc2n(n1)CCCN2C(=O)CCC(=O)NC1CCCC1. The van der Waals surface area contributed by atoms with E-state index in [0.717, 1.165) is 37.3 Å². The number of aryl methyl sites for hydroxylation is 2. The molecular formula is C16H24N4O2. The molecule has 0 saturated heterocycles. The van der Waals surface area contributed by atoms with E-state index in [1.165, 1.54) is 12.8 Å². The van der Waals surface area contributed by atoms with Crippen molar-refractivity contribution < 1.29 is 9.59 Å². The molecule has 2 heterocycles. The fourth-order valence-electron chi connectivity index (χ4n) is 3.38. The summed E-state index contributed by atoms with van der Waals surface area (Å²) in [6.45, 7) is 3.51. The largest absolute Gasteiger partial charge is 0.353 e. The van der Waals surface area contributed by atoms with Gasteiger partial charge in [-0.25, -0.2) is 4.68 Å². The molecule has 1 aromatic heterocycles. The highest BCUT2D eigenvalue weighted by atomic mass is 16.2. The summed E-state index contributed by atoms with van der Waals surface area (Å²) >= 11 is 0. The second-order valence-corrected chi connectivity index (χ2v) is 6.31. The number of aromatic nitrogens is 2. The molecule has 3 rings (SSSR count). The quantitative estimate of drug-likeness (QED) is 0.922. The van der Waals surface area contributed by atoms with E-state index in [1.54, 1.807) is 4.90 Å². The topological polar surface area (TPSA) is 67.2 Å². The van der Waals surface area contributed by atoms with Crippen LogP contribution in [-0.2, 0) is 16.1 Å². The Morgan fingerprint density at radius 3 is 2.77 bits per heavy atom. The number of anilines is 1. The van der Waals surface area contributed by atoms with Crippen molar-refractivity contribution in [1.82, 2.24) is 15.1 Å². The van der Waals surface area contributed by atoms with Crippen molar-refractivity contribution in [3.63, 3.8) is 0 Å². The molecule has 0 spiro atoms. The maximum Gasteiger partial charge on any atom is 0.228 e. The van der Waals surface area contributed by atoms with E-state index in [9.17, 15) is 9.59 Å². The van der Waals surface area contributed by atoms with Gasteiger partial charge >= 0.3 is 0 Å². The number of carbonyl (C=O) groups is 2. The summed E-state index contributed by atoms with van der Waals surface area (Å²) in [5, 5.41) is 7.42. The zero-order valence-electron chi connectivity index (χ0n) is 13.2. The van der Waals surface area contributed by atoms with Crippen LogP contribution in [0.25, 0.3) is 0 Å². The molecule has 120 valence electrons. The van der Waals surface area contributed by atoms with Crippen LogP contribution in [0.4, 0.5) is 5.82 Å². The maximum atomic E-state index is 12.4. The van der Waals surface area contributed by atoms with E-state index in [0.29, 0.717) is 12.6 Å². The van der Waals surface area contributed by atoms with Gasteiger partial charge < -0.3 is 5.32 Å². The number of rotatable bonds is 4. The molecule has 0 atom stereocenters. The minimum atomic E-state index is 0.00180. The van der Waals surface area contributed by atoms with Crippen LogP contribution in [0.5, 0.6) is 0 Å². The number of fused-ring (bicyclic) bond motifs is 1. The lowest BCUT2D eigenvalue weighted by Gasteiger charge is -2.27. The molecule has 0 aromatic carbocycles. The van der Waals surface area contributed by atoms with Crippen molar-refractivity contribution in [2.24, 2.45) is 0 Å². The van der Waals surface area contributed by atoms with E-state index in [1.807, 2.05) is 17.7 Å². The molecule has 1 N–H and O–H groups in total. The Labute approximate surface area is 130 Å². The lowest BCUT2D eigenvalue weighted by atomic mass is 10.2. The van der Waals surface area contributed by atoms with Gasteiger partial charge in [0, 0.05) is 38.0 Å². The molecule has 6 nitrogen and oxygen atoms in total. The predicted octanol–water partition coefficient (Wildman–Crippen LogP) is 1.77. The van der Waals surface area contributed by atoms with Crippen LogP contribution in [0.2, 0.25) is 0 Å². The molecular weight excluding hydrogens is 280 g/mol. The number of hydrogen-bond acceptors (Lipinski definition) is 3. The van der Waals surface area contributed by atoms with Crippen LogP contribution in [0.3, 0.4) is 0 Å². The van der Waals surface area contributed by atoms with Crippen molar-refractivity contribution in [1.29, 1.82) is 0 Å². The Kier molecular flexibility index (Phi) is 4.45. The zero-order chi connectivity index (χ0) is 15.5. The predicted molar refractivity (Wildman–Crippen MR) is 83.6 cm³/mol. The lowest BCUT2D eigenvalue weighted by molar-refractivity contribution is -0.125. The highest BCUT2D eigenvalue weighted by Crippen LogP contribution is 2.22. The van der Waals surface area contributed by atoms with Crippen molar-refractivity contribution >= 4 is 17.6 Å². The van der Waals surface area contributed by atoms with E-state index >= 15 is 0 Å². The summed E-state index contributed by atoms with van der Waals surface area (Å²) in [6.07, 6.45) is 5.99. The first-order valence-electron chi connectivity index (χ1n) is 8.27. The number of hydrogen-bond donors (Lipinski definition) is 1. The minimum absolute atomic E-state index is 0.00180. The normalized spacial score (nSPS) is 18.3. The van der Waals surface area contributed by atoms with Crippen molar-refractivity contribution in [3.8, 4) is 0 Å². The molecule has 0 radical (unpaired) electrons. The summed E-state index contributed by atoms with van der Waals surface area (Å²) in [5.74, 6) is 0.884. The van der Waals surface area contributed by atoms with E-state index in [-0.39, 0.29) is 24.7 Å². The van der Waals surface area contributed by atoms with E-state index in [4.69, 9.17) is 0 Å². The van der Waals surface area contributed by atoms with Crippen LogP contribution in [-0.4, -0.2) is 34.2 Å². The van der Waals surface area contributed by atoms with Crippen LogP contribution in [0.1, 0.15) is 50.6 Å². The molecule has 1 aliphatic carbocycles. The standard InChI is InChI=1S/C16H24N4O2/c1-12-11-15-19(9-4-10-20(15)18-12)16(22)8-7-14(21)17-13-5-2-3-6-13/h11,13H,2-10H2,1H3,(H,17,21). The third kappa shape index (κ3) is 3.31. The van der Waals surface area contributed by atoms with Gasteiger partial charge in [-0.05, 0) is 26.2 Å². The third-order valence-corrected chi connectivity index (χ3v) is 4.50. The highest BCUT2D eigenvalue weighted by molar-refractivity contribution is 5.95. The summed E-state index contributed by atoms with van der Waals surface area (Å²) in [7, 11) is 0. The van der Waals surface area contributed by atoms with Crippen LogP contribution < -0.4 is 10.2 Å². The van der Waals surface area contributed by atoms with Gasteiger partial charge in [-0.3, -0.25) is 14.5 Å². The molecule has 0 unspecified atom stereocenters. The summed E-state index contributed by atoms with van der Waals surface area (Å²) in [5.41, 5.74) is 0.925. The highest BCUT2D eigenvalue weighted by Gasteiger charge is 2.24. The molecule has 22 heavy (non-hydrogen) atoms. The van der Waals surface area contributed by atoms with Gasteiger partial charge in [0.2, 0.25) is 11.8 Å². The van der Waals surface area contributed by atoms with E-state index in [2.05, 4.69) is 10.4 Å². The van der Waals surface area contributed by atoms with Gasteiger partial charge in [0.15, 0.2) is 0 Å². The smallest absolute Gasteiger partial charge is 0.228 e. The zero-order valence-corrected chi connectivity index (χ0v) is 13.2. The second-order valence-electron chi connectivity index (χ2n) is 6.31. The monoisotopic (exact) mass is 304 g/mol. The molecule has 0 bridgehead atoms. The van der Waals surface area contributed by atoms with Gasteiger partial charge in [-0.1, -0.05) is 12.8 Å². The van der Waals surface area contributed by atoms with Crippen LogP contribution in [0, 0.1) is 6.92 Å². The van der Waals surface area contributed by atoms with Gasteiger partial charge in [0.05, 0.1) is 5.69 Å². The number of carbonyl (C=O) groups excluding carboxylic acids is 2. The first kappa shape index (κ1) is 15.1. The first-order valence-corrected chi connectivity index (χ1v) is 8.27. The van der Waals surface area contributed by atoms with E-state index < -0.39 is 0 Å². The summed E-state index contributed by atoms with van der Waals surface area (Å²) in [6, 6.07) is 2.26. The fourth-order valence-corrected chi connectivity index (χ4v) is 3.38. The average molecular weight is 304 g/mol. The number of nitrogens with zero attached hydrogens (tertiary/aromatic N) is 3. The van der Waals surface area contributed by atoms with Gasteiger partial charge in [-0.2, -0.15) is 5.10 Å². The molecule has 2 aliphatic rings. The Balaban J connectivity index is 1.53. The maximum absolute atomic E-state index is 12.4. The lowest BCUT2D eigenvalue weighted by Crippen LogP contribution is -2.38. The fraction of sp³-hybridized carbons (Fsp3) is 0.688. The van der Waals surface area contributed by atoms with Gasteiger partial charge in [0.25, 0.3) is 0 Å². The van der Waals surface area contributed by atoms with Crippen LogP contribution >= 0.6 is 0 Å². The van der Waals surface area contributed by atoms with Crippen LogP contribution in [0.15, 0.2) is 6.07 Å². The Morgan fingerprint density at radius 1 is 1.23 bits per heavy atom. The average Bonchev–Trinajstić information content (AvgIpc) is 3.12. The number of amides is 2. The summed E-state index contributed by atoms with van der Waals surface area (Å²) in [4.78, 5) is 26.1. The minimum Gasteiger partial charge on any atom is -0.353 e. The molecule has 1 saturated carbocycles. The molecule has 1 fully saturated rings. The molecule has 1 aliphatic heterocycles. The molecule has 2 amide bonds. The summed E-state index contributed by atoms with van der Waals surface area (Å²) < 4.78 is 1.88. The Morgan fingerprint density at radius 2 is 2.00 bits per heavy atom. The Hall–Kier alpha value is -1.85. The first-order chi connectivity index (χ1) is 10.6. The van der Waals surface area contributed by atoms with Gasteiger partial charge in [0.1, 0.15) is 5.82 Å². The Bertz CT molecular complexity index is 560. The number of nitrogens with one attached hydrogen (secondary N) is 1. The second kappa shape index (κ2) is 6.50. The third-order valence-electron chi connectivity index (χ3n) is 4.50.